The highest BCUT2D eigenvalue weighted by Gasteiger charge is 2.08. The van der Waals surface area contributed by atoms with Crippen molar-refractivity contribution in [3.8, 4) is 17.2 Å². The van der Waals surface area contributed by atoms with Crippen molar-refractivity contribution in [2.75, 3.05) is 22.9 Å². The predicted octanol–water partition coefficient (Wildman–Crippen LogP) is 3.33. The van der Waals surface area contributed by atoms with Gasteiger partial charge in [0.1, 0.15) is 5.82 Å². The molecule has 1 heterocycles. The third-order valence-electron chi connectivity index (χ3n) is 3.90. The van der Waals surface area contributed by atoms with Gasteiger partial charge in [0.25, 0.3) is 0 Å². The fourth-order valence-corrected chi connectivity index (χ4v) is 2.61. The fraction of sp³-hybridized carbons (Fsp3) is 0.100. The van der Waals surface area contributed by atoms with Crippen LogP contribution in [-0.4, -0.2) is 22.4 Å². The van der Waals surface area contributed by atoms with E-state index in [0.29, 0.717) is 35.9 Å². The van der Waals surface area contributed by atoms with Crippen LogP contribution < -0.4 is 16.4 Å². The van der Waals surface area contributed by atoms with Gasteiger partial charge >= 0.3 is 0 Å². The van der Waals surface area contributed by atoms with Crippen molar-refractivity contribution in [1.82, 2.24) is 9.97 Å². The maximum absolute atomic E-state index is 11.5. The SMILES string of the molecule is C=CC(=O)Nc1cccc(-c2ccc3c(N)nc(NCCC#N)nc3c2)c1. The molecule has 0 spiro atoms. The number of fused-ring (bicyclic) bond motifs is 1. The van der Waals surface area contributed by atoms with Crippen LogP contribution in [0, 0.1) is 11.3 Å². The van der Waals surface area contributed by atoms with Crippen LogP contribution in [0.4, 0.5) is 17.5 Å². The number of nitrogen functional groups attached to an aromatic ring is 1. The Morgan fingerprint density at radius 2 is 2.04 bits per heavy atom. The van der Waals surface area contributed by atoms with E-state index in [9.17, 15) is 4.79 Å². The third-order valence-corrected chi connectivity index (χ3v) is 3.90. The third kappa shape index (κ3) is 4.19. The summed E-state index contributed by atoms with van der Waals surface area (Å²) in [6.07, 6.45) is 1.58. The molecule has 134 valence electrons. The number of nitrogens with two attached hydrogens (primary N) is 1. The summed E-state index contributed by atoms with van der Waals surface area (Å²) in [7, 11) is 0. The number of amides is 1. The molecule has 0 aliphatic rings. The highest BCUT2D eigenvalue weighted by atomic mass is 16.1. The number of carbonyl (C=O) groups is 1. The number of benzene rings is 2. The van der Waals surface area contributed by atoms with Crippen molar-refractivity contribution in [3.05, 3.63) is 55.1 Å². The molecule has 0 bridgehead atoms. The molecule has 3 aromatic rings. The smallest absolute Gasteiger partial charge is 0.247 e. The first-order chi connectivity index (χ1) is 13.1. The minimum atomic E-state index is -0.265. The number of nitriles is 1. The van der Waals surface area contributed by atoms with Crippen molar-refractivity contribution in [2.24, 2.45) is 0 Å². The van der Waals surface area contributed by atoms with Crippen LogP contribution in [0.5, 0.6) is 0 Å². The molecule has 7 nitrogen and oxygen atoms in total. The highest BCUT2D eigenvalue weighted by Crippen LogP contribution is 2.28. The minimum absolute atomic E-state index is 0.265. The molecule has 7 heteroatoms. The van der Waals surface area contributed by atoms with Crippen molar-refractivity contribution >= 4 is 34.3 Å². The van der Waals surface area contributed by atoms with Crippen LogP contribution in [0.25, 0.3) is 22.0 Å². The number of nitrogens with zero attached hydrogens (tertiary/aromatic N) is 3. The second-order valence-corrected chi connectivity index (χ2v) is 5.77. The molecule has 0 unspecified atom stereocenters. The van der Waals surface area contributed by atoms with Gasteiger partial charge in [-0.3, -0.25) is 4.79 Å². The maximum Gasteiger partial charge on any atom is 0.247 e. The molecule has 0 fully saturated rings. The van der Waals surface area contributed by atoms with E-state index in [2.05, 4.69) is 33.2 Å². The molecule has 1 amide bonds. The summed E-state index contributed by atoms with van der Waals surface area (Å²) in [4.78, 5) is 20.2. The minimum Gasteiger partial charge on any atom is -0.383 e. The number of rotatable bonds is 6. The Morgan fingerprint density at radius 1 is 1.22 bits per heavy atom. The Hall–Kier alpha value is -3.92. The molecule has 2 aromatic carbocycles. The van der Waals surface area contributed by atoms with Gasteiger partial charge in [0.2, 0.25) is 11.9 Å². The molecular formula is C20H18N6O. The zero-order valence-electron chi connectivity index (χ0n) is 14.6. The summed E-state index contributed by atoms with van der Waals surface area (Å²) in [5.74, 6) is 0.497. The van der Waals surface area contributed by atoms with E-state index in [1.807, 2.05) is 42.5 Å². The molecule has 0 aliphatic heterocycles. The van der Waals surface area contributed by atoms with Gasteiger partial charge in [0.05, 0.1) is 18.0 Å². The summed E-state index contributed by atoms with van der Waals surface area (Å²) in [5, 5.41) is 15.1. The molecule has 4 N–H and O–H groups in total. The van der Waals surface area contributed by atoms with Crippen molar-refractivity contribution in [1.29, 1.82) is 5.26 Å². The molecule has 3 rings (SSSR count). The summed E-state index contributed by atoms with van der Waals surface area (Å²) < 4.78 is 0. The summed E-state index contributed by atoms with van der Waals surface area (Å²) in [6.45, 7) is 3.90. The standard InChI is InChI=1S/C20H18N6O/c1-2-18(27)24-15-6-3-5-13(11-15)14-7-8-16-17(12-14)25-20(26-19(16)22)23-10-4-9-21/h2-3,5-8,11-12H,1,4,10H2,(H,24,27)(H3,22,23,25,26). The van der Waals surface area contributed by atoms with Gasteiger partial charge in [-0.15, -0.1) is 0 Å². The predicted molar refractivity (Wildman–Crippen MR) is 107 cm³/mol. The lowest BCUT2D eigenvalue weighted by Crippen LogP contribution is -2.07. The Morgan fingerprint density at radius 3 is 2.81 bits per heavy atom. The summed E-state index contributed by atoms with van der Waals surface area (Å²) in [6, 6.07) is 15.3. The molecule has 0 radical (unpaired) electrons. The van der Waals surface area contributed by atoms with Crippen LogP contribution in [-0.2, 0) is 4.79 Å². The first-order valence-corrected chi connectivity index (χ1v) is 8.32. The number of hydrogen-bond donors (Lipinski definition) is 3. The van der Waals surface area contributed by atoms with E-state index in [4.69, 9.17) is 11.0 Å². The van der Waals surface area contributed by atoms with Crippen molar-refractivity contribution in [3.63, 3.8) is 0 Å². The maximum atomic E-state index is 11.5. The second-order valence-electron chi connectivity index (χ2n) is 5.77. The van der Waals surface area contributed by atoms with Crippen LogP contribution in [0.1, 0.15) is 6.42 Å². The normalized spacial score (nSPS) is 10.2. The Kier molecular flexibility index (Phi) is 5.28. The lowest BCUT2D eigenvalue weighted by atomic mass is 10.0. The van der Waals surface area contributed by atoms with Gasteiger partial charge in [-0.2, -0.15) is 10.2 Å². The van der Waals surface area contributed by atoms with Gasteiger partial charge in [-0.05, 0) is 41.5 Å². The zero-order valence-corrected chi connectivity index (χ0v) is 14.6. The first-order valence-electron chi connectivity index (χ1n) is 8.32. The van der Waals surface area contributed by atoms with Crippen molar-refractivity contribution in [2.45, 2.75) is 6.42 Å². The van der Waals surface area contributed by atoms with Gasteiger partial charge in [0, 0.05) is 17.6 Å². The van der Waals surface area contributed by atoms with Crippen LogP contribution in [0.3, 0.4) is 0 Å². The average Bonchev–Trinajstić information content (AvgIpc) is 2.68. The fourth-order valence-electron chi connectivity index (χ4n) is 2.61. The lowest BCUT2D eigenvalue weighted by molar-refractivity contribution is -0.111. The van der Waals surface area contributed by atoms with Gasteiger partial charge < -0.3 is 16.4 Å². The Bertz CT molecular complexity index is 1050. The second kappa shape index (κ2) is 7.97. The topological polar surface area (TPSA) is 117 Å². The Labute approximate surface area is 156 Å². The van der Waals surface area contributed by atoms with Crippen molar-refractivity contribution < 1.29 is 4.79 Å². The number of carbonyl (C=O) groups excluding carboxylic acids is 1. The molecule has 0 saturated heterocycles. The summed E-state index contributed by atoms with van der Waals surface area (Å²) >= 11 is 0. The van der Waals surface area contributed by atoms with E-state index in [1.165, 1.54) is 6.08 Å². The number of nitrogens with one attached hydrogen (secondary N) is 2. The van der Waals surface area contributed by atoms with E-state index in [-0.39, 0.29) is 5.91 Å². The number of hydrogen-bond acceptors (Lipinski definition) is 6. The highest BCUT2D eigenvalue weighted by molar-refractivity contribution is 5.99. The van der Waals surface area contributed by atoms with Crippen LogP contribution in [0.2, 0.25) is 0 Å². The summed E-state index contributed by atoms with van der Waals surface area (Å²) in [5.41, 5.74) is 9.26. The largest absolute Gasteiger partial charge is 0.383 e. The van der Waals surface area contributed by atoms with Gasteiger partial charge in [-0.1, -0.05) is 24.8 Å². The molecule has 1 aromatic heterocycles. The first kappa shape index (κ1) is 17.9. The Balaban J connectivity index is 1.96. The monoisotopic (exact) mass is 358 g/mol. The average molecular weight is 358 g/mol. The van der Waals surface area contributed by atoms with Gasteiger partial charge in [-0.25, -0.2) is 4.98 Å². The van der Waals surface area contributed by atoms with E-state index in [1.54, 1.807) is 0 Å². The van der Waals surface area contributed by atoms with E-state index in [0.717, 1.165) is 16.5 Å². The van der Waals surface area contributed by atoms with Crippen LogP contribution in [0.15, 0.2) is 55.1 Å². The molecule has 0 atom stereocenters. The molecule has 0 aliphatic carbocycles. The van der Waals surface area contributed by atoms with E-state index >= 15 is 0 Å². The number of aromatic nitrogens is 2. The molecular weight excluding hydrogens is 340 g/mol. The van der Waals surface area contributed by atoms with Gasteiger partial charge in [0.15, 0.2) is 0 Å². The molecule has 27 heavy (non-hydrogen) atoms. The lowest BCUT2D eigenvalue weighted by Gasteiger charge is -2.09. The zero-order chi connectivity index (χ0) is 19.2. The van der Waals surface area contributed by atoms with Crippen LogP contribution >= 0.6 is 0 Å². The molecule has 0 saturated carbocycles. The number of anilines is 3. The quantitative estimate of drug-likeness (QED) is 0.460. The van der Waals surface area contributed by atoms with E-state index < -0.39 is 0 Å².